The van der Waals surface area contributed by atoms with Gasteiger partial charge in [0.1, 0.15) is 0 Å². The lowest BCUT2D eigenvalue weighted by molar-refractivity contribution is 0.102. The molecule has 44 heavy (non-hydrogen) atoms. The molecule has 12 nitrogen and oxygen atoms in total. The van der Waals surface area contributed by atoms with Crippen LogP contribution in [0.3, 0.4) is 0 Å². The average molecular weight is 632 g/mol. The number of hydrogen-bond acceptors (Lipinski definition) is 9. The Morgan fingerprint density at radius 1 is 0.977 bits per heavy atom. The Morgan fingerprint density at radius 3 is 2.36 bits per heavy atom. The maximum absolute atomic E-state index is 13.8. The van der Waals surface area contributed by atoms with Gasteiger partial charge in [-0.3, -0.25) is 4.79 Å². The highest BCUT2D eigenvalue weighted by atomic mass is 32.2. The van der Waals surface area contributed by atoms with Crippen LogP contribution in [0, 0.1) is 20.8 Å². The first-order chi connectivity index (χ1) is 20.9. The molecule has 0 aliphatic carbocycles. The first kappa shape index (κ1) is 29.4. The van der Waals surface area contributed by atoms with Crippen LogP contribution in [-0.2, 0) is 19.9 Å². The molecule has 0 spiro atoms. The van der Waals surface area contributed by atoms with Crippen LogP contribution in [0.1, 0.15) is 39.8 Å². The van der Waals surface area contributed by atoms with E-state index in [2.05, 4.69) is 25.1 Å². The molecule has 0 radical (unpaired) electrons. The van der Waals surface area contributed by atoms with Crippen LogP contribution in [0.25, 0.3) is 22.3 Å². The van der Waals surface area contributed by atoms with E-state index in [4.69, 9.17) is 4.98 Å². The molecule has 1 atom stereocenters. The summed E-state index contributed by atoms with van der Waals surface area (Å²) in [7, 11) is -7.16. The number of anilines is 2. The zero-order chi connectivity index (χ0) is 31.2. The number of benzene rings is 2. The van der Waals surface area contributed by atoms with Gasteiger partial charge in [0.2, 0.25) is 5.95 Å². The van der Waals surface area contributed by atoms with E-state index in [9.17, 15) is 21.6 Å². The van der Waals surface area contributed by atoms with Crippen LogP contribution in [0.2, 0.25) is 0 Å². The summed E-state index contributed by atoms with van der Waals surface area (Å²) < 4.78 is 54.3. The average Bonchev–Trinajstić information content (AvgIpc) is 3.51. The van der Waals surface area contributed by atoms with Gasteiger partial charge in [0.05, 0.1) is 44.8 Å². The lowest BCUT2D eigenvalue weighted by Gasteiger charge is -2.13. The van der Waals surface area contributed by atoms with E-state index in [1.165, 1.54) is 30.5 Å². The van der Waals surface area contributed by atoms with Crippen LogP contribution in [-0.4, -0.2) is 59.0 Å². The van der Waals surface area contributed by atoms with Crippen molar-refractivity contribution in [2.24, 2.45) is 0 Å². The maximum Gasteiger partial charge on any atom is 0.264 e. The number of pyridine rings is 1. The topological polar surface area (TPSA) is 166 Å². The SMILES string of the molecule is Cc1ccc(-c2cc(C(=O)Nc3ccc(S(=O)(=O)Nc4nccc(C)n4)cc3)c3c(C)nn(C4CCS(=O)(=O)C4)c3n2)cc1. The van der Waals surface area contributed by atoms with Crippen LogP contribution in [0.15, 0.2) is 71.8 Å². The van der Waals surface area contributed by atoms with E-state index in [0.29, 0.717) is 45.8 Å². The lowest BCUT2D eigenvalue weighted by Crippen LogP contribution is -2.16. The Hall–Kier alpha value is -4.69. The fourth-order valence-electron chi connectivity index (χ4n) is 5.18. The monoisotopic (exact) mass is 631 g/mol. The molecule has 0 bridgehead atoms. The third kappa shape index (κ3) is 5.90. The fraction of sp³-hybridized carbons (Fsp3) is 0.233. The summed E-state index contributed by atoms with van der Waals surface area (Å²) in [6, 6.07) is 16.4. The summed E-state index contributed by atoms with van der Waals surface area (Å²) in [4.78, 5) is 26.6. The van der Waals surface area contributed by atoms with Gasteiger partial charge >= 0.3 is 0 Å². The van der Waals surface area contributed by atoms with Crippen molar-refractivity contribution >= 4 is 48.4 Å². The van der Waals surface area contributed by atoms with Crippen molar-refractivity contribution in [3.8, 4) is 11.3 Å². The number of nitrogens with one attached hydrogen (secondary N) is 2. The van der Waals surface area contributed by atoms with Gasteiger partial charge in [0, 0.05) is 23.1 Å². The van der Waals surface area contributed by atoms with Gasteiger partial charge in [-0.15, -0.1) is 0 Å². The van der Waals surface area contributed by atoms with Crippen molar-refractivity contribution < 1.29 is 21.6 Å². The Bertz CT molecular complexity index is 2130. The lowest BCUT2D eigenvalue weighted by atomic mass is 10.0. The van der Waals surface area contributed by atoms with Crippen LogP contribution in [0.5, 0.6) is 0 Å². The first-order valence-electron chi connectivity index (χ1n) is 13.8. The number of hydrogen-bond donors (Lipinski definition) is 2. The Labute approximate surface area is 254 Å². The number of fused-ring (bicyclic) bond motifs is 1. The number of rotatable bonds is 7. The zero-order valence-corrected chi connectivity index (χ0v) is 25.8. The van der Waals surface area contributed by atoms with Gasteiger partial charge in [-0.05, 0) is 63.6 Å². The summed E-state index contributed by atoms with van der Waals surface area (Å²) in [6.45, 7) is 5.46. The van der Waals surface area contributed by atoms with Gasteiger partial charge in [0.15, 0.2) is 15.5 Å². The van der Waals surface area contributed by atoms with Gasteiger partial charge < -0.3 is 5.32 Å². The highest BCUT2D eigenvalue weighted by Gasteiger charge is 2.32. The molecule has 4 heterocycles. The molecule has 1 aliphatic heterocycles. The van der Waals surface area contributed by atoms with Gasteiger partial charge in [-0.25, -0.2) is 41.2 Å². The van der Waals surface area contributed by atoms with Crippen molar-refractivity contribution in [1.82, 2.24) is 24.7 Å². The fourth-order valence-corrected chi connectivity index (χ4v) is 7.82. The summed E-state index contributed by atoms with van der Waals surface area (Å²) in [6.07, 6.45) is 1.87. The van der Waals surface area contributed by atoms with Crippen LogP contribution in [0.4, 0.5) is 11.6 Å². The number of sulfonamides is 1. The molecule has 14 heteroatoms. The number of amides is 1. The predicted octanol–water partition coefficient (Wildman–Crippen LogP) is 4.23. The second kappa shape index (κ2) is 11.1. The molecule has 5 aromatic rings. The van der Waals surface area contributed by atoms with Crippen LogP contribution < -0.4 is 10.0 Å². The van der Waals surface area contributed by atoms with Gasteiger partial charge in [-0.2, -0.15) is 5.10 Å². The highest BCUT2D eigenvalue weighted by molar-refractivity contribution is 7.92. The quantitative estimate of drug-likeness (QED) is 0.267. The van der Waals surface area contributed by atoms with E-state index >= 15 is 0 Å². The number of carbonyl (C=O) groups excluding carboxylic acids is 1. The van der Waals surface area contributed by atoms with Crippen molar-refractivity contribution in [2.45, 2.75) is 38.1 Å². The van der Waals surface area contributed by atoms with E-state index < -0.39 is 25.8 Å². The number of carbonyl (C=O) groups is 1. The first-order valence-corrected chi connectivity index (χ1v) is 17.1. The molecule has 2 aromatic carbocycles. The number of aryl methyl sites for hydroxylation is 3. The van der Waals surface area contributed by atoms with Crippen molar-refractivity contribution in [2.75, 3.05) is 21.5 Å². The summed E-state index contributed by atoms with van der Waals surface area (Å²) in [5.41, 5.74) is 4.66. The summed E-state index contributed by atoms with van der Waals surface area (Å²) >= 11 is 0. The minimum atomic E-state index is -3.96. The van der Waals surface area contributed by atoms with Gasteiger partial charge in [0.25, 0.3) is 15.9 Å². The Kier molecular flexibility index (Phi) is 7.41. The van der Waals surface area contributed by atoms with Crippen molar-refractivity contribution in [1.29, 1.82) is 0 Å². The maximum atomic E-state index is 13.8. The summed E-state index contributed by atoms with van der Waals surface area (Å²) in [5.74, 6) is -0.460. The standard InChI is InChI=1S/C30H29N7O5S2/c1-18-4-6-21(7-5-18)26-16-25(27-20(3)35-37(28(27)34-26)23-13-15-43(39,40)17-23)29(38)33-22-8-10-24(11-9-22)44(41,42)36-30-31-14-12-19(2)32-30/h4-12,14,16,23H,13,15,17H2,1-3H3,(H,33,38)(H,31,32,36). The minimum absolute atomic E-state index is 0.0304. The van der Waals surface area contributed by atoms with E-state index in [1.807, 2.05) is 31.2 Å². The molecule has 3 aromatic heterocycles. The number of sulfone groups is 1. The molecule has 6 rings (SSSR count). The summed E-state index contributed by atoms with van der Waals surface area (Å²) in [5, 5.41) is 8.01. The normalized spacial score (nSPS) is 16.2. The largest absolute Gasteiger partial charge is 0.322 e. The van der Waals surface area contributed by atoms with Gasteiger partial charge in [-0.1, -0.05) is 29.8 Å². The third-order valence-corrected chi connectivity index (χ3v) is 10.5. The predicted molar refractivity (Wildman–Crippen MR) is 167 cm³/mol. The van der Waals surface area contributed by atoms with E-state index in [1.54, 1.807) is 30.7 Å². The third-order valence-electron chi connectivity index (χ3n) is 7.43. The molecule has 2 N–H and O–H groups in total. The smallest absolute Gasteiger partial charge is 0.264 e. The molecule has 1 amide bonds. The Balaban J connectivity index is 1.34. The van der Waals surface area contributed by atoms with E-state index in [-0.39, 0.29) is 28.4 Å². The molecular formula is C30H29N7O5S2. The molecule has 1 unspecified atom stereocenters. The molecule has 1 aliphatic rings. The molecule has 226 valence electrons. The minimum Gasteiger partial charge on any atom is -0.322 e. The number of nitrogens with zero attached hydrogens (tertiary/aromatic N) is 5. The Morgan fingerprint density at radius 2 is 1.70 bits per heavy atom. The van der Waals surface area contributed by atoms with E-state index in [0.717, 1.165) is 11.1 Å². The molecule has 0 saturated carbocycles. The second-order valence-electron chi connectivity index (χ2n) is 10.8. The highest BCUT2D eigenvalue weighted by Crippen LogP contribution is 2.32. The molecule has 1 saturated heterocycles. The second-order valence-corrected chi connectivity index (χ2v) is 14.7. The van der Waals surface area contributed by atoms with Crippen LogP contribution >= 0.6 is 0 Å². The molecule has 1 fully saturated rings. The number of aromatic nitrogens is 5. The van der Waals surface area contributed by atoms with Crippen molar-refractivity contribution in [3.05, 3.63) is 89.4 Å². The molecular weight excluding hydrogens is 603 g/mol. The van der Waals surface area contributed by atoms with Crippen molar-refractivity contribution in [3.63, 3.8) is 0 Å². The zero-order valence-electron chi connectivity index (χ0n) is 24.1.